The number of rotatable bonds is 2. The number of fused-ring (bicyclic) bond motifs is 1. The number of nitrogens with two attached hydrogens (primary N) is 1. The molecule has 0 saturated heterocycles. The van der Waals surface area contributed by atoms with Crippen molar-refractivity contribution >= 4 is 17.0 Å². The standard InChI is InChI=1S/C12H17N3/c1-8(2)7-15-11-6-9(3)4-5-10(11)14-12(15)13/h4-6,8H,7H2,1-3H3,(H2,13,14). The molecule has 0 aliphatic heterocycles. The summed E-state index contributed by atoms with van der Waals surface area (Å²) in [5.74, 6) is 1.19. The van der Waals surface area contributed by atoms with Crippen molar-refractivity contribution in [1.29, 1.82) is 0 Å². The summed E-state index contributed by atoms with van der Waals surface area (Å²) in [5.41, 5.74) is 9.27. The van der Waals surface area contributed by atoms with Crippen LogP contribution in [0.5, 0.6) is 0 Å². The lowest BCUT2D eigenvalue weighted by atomic mass is 10.2. The molecule has 80 valence electrons. The first-order valence-corrected chi connectivity index (χ1v) is 5.30. The lowest BCUT2D eigenvalue weighted by Crippen LogP contribution is -2.07. The summed E-state index contributed by atoms with van der Waals surface area (Å²) in [5, 5.41) is 0. The van der Waals surface area contributed by atoms with Crippen LogP contribution in [-0.2, 0) is 6.54 Å². The van der Waals surface area contributed by atoms with Gasteiger partial charge in [0.15, 0.2) is 0 Å². The Morgan fingerprint density at radius 2 is 2.13 bits per heavy atom. The van der Waals surface area contributed by atoms with Crippen LogP contribution in [0.2, 0.25) is 0 Å². The van der Waals surface area contributed by atoms with Crippen molar-refractivity contribution in [2.45, 2.75) is 27.3 Å². The van der Waals surface area contributed by atoms with E-state index in [4.69, 9.17) is 5.73 Å². The Bertz CT molecular complexity index is 483. The van der Waals surface area contributed by atoms with Crippen molar-refractivity contribution in [2.24, 2.45) is 5.92 Å². The Labute approximate surface area is 89.9 Å². The van der Waals surface area contributed by atoms with Gasteiger partial charge in [-0.15, -0.1) is 0 Å². The van der Waals surface area contributed by atoms with Crippen molar-refractivity contribution in [3.63, 3.8) is 0 Å². The molecule has 3 heteroatoms. The van der Waals surface area contributed by atoms with Crippen molar-refractivity contribution in [2.75, 3.05) is 5.73 Å². The van der Waals surface area contributed by atoms with Crippen LogP contribution < -0.4 is 5.73 Å². The molecule has 0 radical (unpaired) electrons. The van der Waals surface area contributed by atoms with Crippen LogP contribution in [0.4, 0.5) is 5.95 Å². The smallest absolute Gasteiger partial charge is 0.201 e. The SMILES string of the molecule is Cc1ccc2nc(N)n(CC(C)C)c2c1. The molecule has 0 atom stereocenters. The van der Waals surface area contributed by atoms with Crippen LogP contribution in [0.3, 0.4) is 0 Å². The van der Waals surface area contributed by atoms with Gasteiger partial charge in [-0.2, -0.15) is 0 Å². The van der Waals surface area contributed by atoms with Gasteiger partial charge in [-0.1, -0.05) is 19.9 Å². The second-order valence-electron chi connectivity index (χ2n) is 4.47. The van der Waals surface area contributed by atoms with Crippen LogP contribution in [0.25, 0.3) is 11.0 Å². The van der Waals surface area contributed by atoms with Gasteiger partial charge in [0, 0.05) is 6.54 Å². The van der Waals surface area contributed by atoms with E-state index < -0.39 is 0 Å². The van der Waals surface area contributed by atoms with E-state index >= 15 is 0 Å². The maximum Gasteiger partial charge on any atom is 0.201 e. The zero-order valence-electron chi connectivity index (χ0n) is 9.49. The van der Waals surface area contributed by atoms with Gasteiger partial charge >= 0.3 is 0 Å². The maximum absolute atomic E-state index is 5.90. The van der Waals surface area contributed by atoms with E-state index in [0.717, 1.165) is 17.6 Å². The van der Waals surface area contributed by atoms with Gasteiger partial charge in [0.25, 0.3) is 0 Å². The minimum atomic E-state index is 0.574. The lowest BCUT2D eigenvalue weighted by Gasteiger charge is -2.09. The minimum Gasteiger partial charge on any atom is -0.369 e. The van der Waals surface area contributed by atoms with E-state index in [1.165, 1.54) is 5.56 Å². The Morgan fingerprint density at radius 3 is 2.80 bits per heavy atom. The summed E-state index contributed by atoms with van der Waals surface area (Å²) < 4.78 is 2.09. The number of aryl methyl sites for hydroxylation is 1. The van der Waals surface area contributed by atoms with Gasteiger partial charge in [-0.3, -0.25) is 0 Å². The highest BCUT2D eigenvalue weighted by Gasteiger charge is 2.08. The monoisotopic (exact) mass is 203 g/mol. The highest BCUT2D eigenvalue weighted by Crippen LogP contribution is 2.20. The normalized spacial score (nSPS) is 11.5. The van der Waals surface area contributed by atoms with Gasteiger partial charge in [0.1, 0.15) is 0 Å². The molecule has 1 aromatic carbocycles. The summed E-state index contributed by atoms with van der Waals surface area (Å²) in [7, 11) is 0. The highest BCUT2D eigenvalue weighted by atomic mass is 15.1. The Balaban J connectivity index is 2.60. The molecule has 0 unspecified atom stereocenters. The second kappa shape index (κ2) is 3.57. The number of nitrogens with zero attached hydrogens (tertiary/aromatic N) is 2. The molecule has 0 bridgehead atoms. The summed E-state index contributed by atoms with van der Waals surface area (Å²) in [6.07, 6.45) is 0. The first kappa shape index (κ1) is 10.0. The van der Waals surface area contributed by atoms with E-state index in [9.17, 15) is 0 Å². The van der Waals surface area contributed by atoms with Crippen LogP contribution in [0.1, 0.15) is 19.4 Å². The second-order valence-corrected chi connectivity index (χ2v) is 4.47. The molecule has 2 rings (SSSR count). The van der Waals surface area contributed by atoms with Crippen LogP contribution in [-0.4, -0.2) is 9.55 Å². The quantitative estimate of drug-likeness (QED) is 0.815. The van der Waals surface area contributed by atoms with E-state index in [1.807, 2.05) is 6.07 Å². The molecule has 0 aliphatic rings. The van der Waals surface area contributed by atoms with E-state index in [2.05, 4.69) is 42.5 Å². The van der Waals surface area contributed by atoms with Gasteiger partial charge in [-0.25, -0.2) is 4.98 Å². The number of hydrogen-bond acceptors (Lipinski definition) is 2. The molecule has 3 nitrogen and oxygen atoms in total. The largest absolute Gasteiger partial charge is 0.369 e. The first-order valence-electron chi connectivity index (χ1n) is 5.30. The zero-order valence-corrected chi connectivity index (χ0v) is 9.49. The third-order valence-electron chi connectivity index (χ3n) is 2.48. The van der Waals surface area contributed by atoms with E-state index in [0.29, 0.717) is 11.9 Å². The van der Waals surface area contributed by atoms with Gasteiger partial charge in [-0.05, 0) is 30.5 Å². The molecule has 0 saturated carbocycles. The van der Waals surface area contributed by atoms with Crippen molar-refractivity contribution in [3.8, 4) is 0 Å². The van der Waals surface area contributed by atoms with E-state index in [1.54, 1.807) is 0 Å². The molecule has 2 N–H and O–H groups in total. The number of aromatic nitrogens is 2. The van der Waals surface area contributed by atoms with Gasteiger partial charge in [0.05, 0.1) is 11.0 Å². The van der Waals surface area contributed by atoms with E-state index in [-0.39, 0.29) is 0 Å². The van der Waals surface area contributed by atoms with Crippen molar-refractivity contribution in [1.82, 2.24) is 9.55 Å². The predicted molar refractivity (Wildman–Crippen MR) is 63.7 cm³/mol. The Hall–Kier alpha value is -1.51. The van der Waals surface area contributed by atoms with Crippen molar-refractivity contribution in [3.05, 3.63) is 23.8 Å². The van der Waals surface area contributed by atoms with Gasteiger partial charge in [0.2, 0.25) is 5.95 Å². The van der Waals surface area contributed by atoms with Crippen LogP contribution in [0.15, 0.2) is 18.2 Å². The number of anilines is 1. The average Bonchev–Trinajstić information content (AvgIpc) is 2.43. The molecular formula is C12H17N3. The first-order chi connectivity index (χ1) is 7.08. The molecule has 0 amide bonds. The average molecular weight is 203 g/mol. The minimum absolute atomic E-state index is 0.574. The predicted octanol–water partition coefficient (Wildman–Crippen LogP) is 2.58. The molecule has 1 heterocycles. The fraction of sp³-hybridized carbons (Fsp3) is 0.417. The molecule has 2 aromatic rings. The zero-order chi connectivity index (χ0) is 11.0. The van der Waals surface area contributed by atoms with Crippen LogP contribution in [0, 0.1) is 12.8 Å². The highest BCUT2D eigenvalue weighted by molar-refractivity contribution is 5.79. The Morgan fingerprint density at radius 1 is 1.40 bits per heavy atom. The molecular weight excluding hydrogens is 186 g/mol. The summed E-state index contributed by atoms with van der Waals surface area (Å²) in [6, 6.07) is 6.23. The fourth-order valence-corrected chi connectivity index (χ4v) is 1.81. The van der Waals surface area contributed by atoms with Gasteiger partial charge < -0.3 is 10.3 Å². The molecule has 15 heavy (non-hydrogen) atoms. The number of nitrogen functional groups attached to an aromatic ring is 1. The Kier molecular flexibility index (Phi) is 2.39. The third-order valence-corrected chi connectivity index (χ3v) is 2.48. The summed E-state index contributed by atoms with van der Waals surface area (Å²) in [6.45, 7) is 7.37. The number of benzene rings is 1. The fourth-order valence-electron chi connectivity index (χ4n) is 1.81. The topological polar surface area (TPSA) is 43.8 Å². The molecule has 1 aromatic heterocycles. The summed E-state index contributed by atoms with van der Waals surface area (Å²) >= 11 is 0. The molecule has 0 aliphatic carbocycles. The number of hydrogen-bond donors (Lipinski definition) is 1. The van der Waals surface area contributed by atoms with Crippen molar-refractivity contribution < 1.29 is 0 Å². The number of imidazole rings is 1. The maximum atomic E-state index is 5.90. The molecule has 0 spiro atoms. The third kappa shape index (κ3) is 1.82. The van der Waals surface area contributed by atoms with Crippen LogP contribution >= 0.6 is 0 Å². The summed E-state index contributed by atoms with van der Waals surface area (Å²) in [4.78, 5) is 4.35. The lowest BCUT2D eigenvalue weighted by molar-refractivity contribution is 0.538. The molecule has 0 fully saturated rings.